The fraction of sp³-hybridized carbons (Fsp3) is 0.333. The predicted octanol–water partition coefficient (Wildman–Crippen LogP) is 3.18. The summed E-state index contributed by atoms with van der Waals surface area (Å²) >= 11 is 0. The highest BCUT2D eigenvalue weighted by Gasteiger charge is 2.35. The second-order valence-electron chi connectivity index (χ2n) is 8.31. The average molecular weight is 468 g/mol. The molecule has 0 aliphatic carbocycles. The molecule has 8 nitrogen and oxygen atoms in total. The van der Waals surface area contributed by atoms with Crippen molar-refractivity contribution in [2.75, 3.05) is 37.2 Å². The third-order valence-corrected chi connectivity index (χ3v) is 8.27. The van der Waals surface area contributed by atoms with Crippen molar-refractivity contribution in [3.8, 4) is 11.1 Å². The van der Waals surface area contributed by atoms with E-state index in [-0.39, 0.29) is 10.8 Å². The summed E-state index contributed by atoms with van der Waals surface area (Å²) in [4.78, 5) is 14.6. The van der Waals surface area contributed by atoms with Crippen molar-refractivity contribution in [2.45, 2.75) is 25.2 Å². The number of morpholine rings is 1. The Balaban J connectivity index is 1.39. The molecule has 33 heavy (non-hydrogen) atoms. The van der Waals surface area contributed by atoms with Gasteiger partial charge in [-0.3, -0.25) is 9.10 Å². The summed E-state index contributed by atoms with van der Waals surface area (Å²) in [6.45, 7) is 5.98. The summed E-state index contributed by atoms with van der Waals surface area (Å²) in [5, 5.41) is 3.80. The first-order valence-electron chi connectivity index (χ1n) is 10.9. The summed E-state index contributed by atoms with van der Waals surface area (Å²) in [5.74, 6) is 0.309. The Kier molecular flexibility index (Phi) is 5.46. The quantitative estimate of drug-likeness (QED) is 0.585. The topological polar surface area (TPSA) is 93.0 Å². The third-order valence-electron chi connectivity index (χ3n) is 6.21. The van der Waals surface area contributed by atoms with Crippen LogP contribution in [0.3, 0.4) is 0 Å². The van der Waals surface area contributed by atoms with Crippen LogP contribution in [0.25, 0.3) is 11.1 Å². The van der Waals surface area contributed by atoms with Crippen molar-refractivity contribution in [3.05, 3.63) is 65.0 Å². The molecule has 0 radical (unpaired) electrons. The number of sulfonamides is 1. The standard InChI is InChI=1S/C24H25N3O5S/c1-16-23(17(2)32-25-16)33(29,30)27-10-9-21-15-20(7-8-22(21)27)18-3-5-19(6-4-18)24(28)26-11-13-31-14-12-26/h3-8,15H,9-14H2,1-2H3. The van der Waals surface area contributed by atoms with Gasteiger partial charge >= 0.3 is 0 Å². The third kappa shape index (κ3) is 3.81. The van der Waals surface area contributed by atoms with Gasteiger partial charge in [0.05, 0.1) is 18.9 Å². The van der Waals surface area contributed by atoms with E-state index >= 15 is 0 Å². The van der Waals surface area contributed by atoms with E-state index in [1.165, 1.54) is 4.31 Å². The van der Waals surface area contributed by atoms with Crippen LogP contribution in [-0.2, 0) is 21.2 Å². The van der Waals surface area contributed by atoms with Crippen molar-refractivity contribution in [2.24, 2.45) is 0 Å². The first kappa shape index (κ1) is 21.7. The van der Waals surface area contributed by atoms with Crippen LogP contribution in [-0.4, -0.2) is 57.2 Å². The summed E-state index contributed by atoms with van der Waals surface area (Å²) in [6.07, 6.45) is 0.624. The Bertz CT molecular complexity index is 1290. The van der Waals surface area contributed by atoms with Crippen LogP contribution >= 0.6 is 0 Å². The largest absolute Gasteiger partial charge is 0.378 e. The number of rotatable bonds is 4. The monoisotopic (exact) mass is 467 g/mol. The Labute approximate surface area is 192 Å². The highest BCUT2D eigenvalue weighted by atomic mass is 32.2. The van der Waals surface area contributed by atoms with Gasteiger partial charge in [-0.1, -0.05) is 23.4 Å². The number of carbonyl (C=O) groups excluding carboxylic acids is 1. The lowest BCUT2D eigenvalue weighted by atomic mass is 10.0. The van der Waals surface area contributed by atoms with Gasteiger partial charge < -0.3 is 14.2 Å². The molecule has 0 N–H and O–H groups in total. The van der Waals surface area contributed by atoms with Crippen LogP contribution < -0.4 is 4.31 Å². The number of aryl methyl sites for hydroxylation is 2. The number of fused-ring (bicyclic) bond motifs is 1. The number of ether oxygens (including phenoxy) is 1. The normalized spacial score (nSPS) is 16.2. The molecular formula is C24H25N3O5S. The van der Waals surface area contributed by atoms with E-state index in [1.807, 2.05) is 47.4 Å². The number of hydrogen-bond donors (Lipinski definition) is 0. The maximum absolute atomic E-state index is 13.3. The molecule has 0 atom stereocenters. The molecule has 0 saturated carbocycles. The van der Waals surface area contributed by atoms with Crippen molar-refractivity contribution in [3.63, 3.8) is 0 Å². The molecule has 1 amide bonds. The molecule has 2 aliphatic rings. The maximum atomic E-state index is 13.3. The van der Waals surface area contributed by atoms with Gasteiger partial charge in [-0.25, -0.2) is 8.42 Å². The molecule has 1 aromatic heterocycles. The van der Waals surface area contributed by atoms with Gasteiger partial charge in [0, 0.05) is 25.2 Å². The molecule has 3 heterocycles. The maximum Gasteiger partial charge on any atom is 0.269 e. The second-order valence-corrected chi connectivity index (χ2v) is 10.1. The fourth-order valence-corrected chi connectivity index (χ4v) is 6.31. The van der Waals surface area contributed by atoms with Crippen molar-refractivity contribution in [1.29, 1.82) is 0 Å². The molecule has 0 bridgehead atoms. The summed E-state index contributed by atoms with van der Waals surface area (Å²) < 4.78 is 38.4. The highest BCUT2D eigenvalue weighted by molar-refractivity contribution is 7.93. The molecular weight excluding hydrogens is 442 g/mol. The molecule has 1 saturated heterocycles. The Morgan fingerprint density at radius 2 is 1.67 bits per heavy atom. The lowest BCUT2D eigenvalue weighted by Crippen LogP contribution is -2.40. The fourth-order valence-electron chi connectivity index (χ4n) is 4.51. The van der Waals surface area contributed by atoms with Crippen LogP contribution in [0.5, 0.6) is 0 Å². The minimum Gasteiger partial charge on any atom is -0.378 e. The molecule has 3 aromatic rings. The van der Waals surface area contributed by atoms with Gasteiger partial charge in [-0.05, 0) is 61.2 Å². The summed E-state index contributed by atoms with van der Waals surface area (Å²) in [5.41, 5.74) is 4.62. The molecule has 1 fully saturated rings. The first-order chi connectivity index (χ1) is 15.9. The van der Waals surface area contributed by atoms with E-state index < -0.39 is 10.0 Å². The van der Waals surface area contributed by atoms with Crippen molar-refractivity contribution in [1.82, 2.24) is 10.1 Å². The van der Waals surface area contributed by atoms with E-state index in [9.17, 15) is 13.2 Å². The van der Waals surface area contributed by atoms with Crippen LogP contribution in [0.15, 0.2) is 51.9 Å². The first-order valence-corrected chi connectivity index (χ1v) is 12.4. The Morgan fingerprint density at radius 1 is 0.970 bits per heavy atom. The molecule has 9 heteroatoms. The van der Waals surface area contributed by atoms with Gasteiger partial charge in [-0.15, -0.1) is 0 Å². The minimum absolute atomic E-state index is 0.0129. The molecule has 0 unspecified atom stereocenters. The Morgan fingerprint density at radius 3 is 2.33 bits per heavy atom. The number of benzene rings is 2. The van der Waals surface area contributed by atoms with Gasteiger partial charge in [0.2, 0.25) is 0 Å². The molecule has 0 spiro atoms. The van der Waals surface area contributed by atoms with E-state index in [0.29, 0.717) is 62.0 Å². The zero-order valence-corrected chi connectivity index (χ0v) is 19.4. The second kappa shape index (κ2) is 8.31. The van der Waals surface area contributed by atoms with Gasteiger partial charge in [0.25, 0.3) is 15.9 Å². The number of anilines is 1. The van der Waals surface area contributed by atoms with E-state index in [1.54, 1.807) is 13.8 Å². The average Bonchev–Trinajstić information content (AvgIpc) is 3.42. The molecule has 2 aliphatic heterocycles. The molecule has 2 aromatic carbocycles. The zero-order valence-electron chi connectivity index (χ0n) is 18.6. The van der Waals surface area contributed by atoms with Crippen LogP contribution in [0.2, 0.25) is 0 Å². The smallest absolute Gasteiger partial charge is 0.269 e. The highest BCUT2D eigenvalue weighted by Crippen LogP contribution is 2.37. The number of aromatic nitrogens is 1. The molecule has 5 rings (SSSR count). The van der Waals surface area contributed by atoms with Crippen LogP contribution in [0.1, 0.15) is 27.4 Å². The number of nitrogens with zero attached hydrogens (tertiary/aromatic N) is 3. The number of hydrogen-bond acceptors (Lipinski definition) is 6. The Hall–Kier alpha value is -3.17. The minimum atomic E-state index is -3.75. The summed E-state index contributed by atoms with van der Waals surface area (Å²) in [6, 6.07) is 13.3. The number of amides is 1. The lowest BCUT2D eigenvalue weighted by molar-refractivity contribution is 0.0303. The van der Waals surface area contributed by atoms with E-state index in [2.05, 4.69) is 5.16 Å². The van der Waals surface area contributed by atoms with Gasteiger partial charge in [0.15, 0.2) is 10.7 Å². The van der Waals surface area contributed by atoms with Crippen molar-refractivity contribution >= 4 is 21.6 Å². The number of carbonyl (C=O) groups is 1. The predicted molar refractivity (Wildman–Crippen MR) is 123 cm³/mol. The van der Waals surface area contributed by atoms with Gasteiger partial charge in [-0.2, -0.15) is 0 Å². The van der Waals surface area contributed by atoms with Crippen LogP contribution in [0, 0.1) is 13.8 Å². The van der Waals surface area contributed by atoms with Crippen LogP contribution in [0.4, 0.5) is 5.69 Å². The lowest BCUT2D eigenvalue weighted by Gasteiger charge is -2.26. The van der Waals surface area contributed by atoms with E-state index in [4.69, 9.17) is 9.26 Å². The zero-order chi connectivity index (χ0) is 23.2. The van der Waals surface area contributed by atoms with Gasteiger partial charge in [0.1, 0.15) is 5.69 Å². The summed E-state index contributed by atoms with van der Waals surface area (Å²) in [7, 11) is -3.75. The molecule has 172 valence electrons. The SMILES string of the molecule is Cc1noc(C)c1S(=O)(=O)N1CCc2cc(-c3ccc(C(=O)N4CCOCC4)cc3)ccc21. The van der Waals surface area contributed by atoms with Crippen molar-refractivity contribution < 1.29 is 22.5 Å². The van der Waals surface area contributed by atoms with E-state index in [0.717, 1.165) is 16.7 Å².